The van der Waals surface area contributed by atoms with E-state index < -0.39 is 0 Å². The predicted molar refractivity (Wildman–Crippen MR) is 113 cm³/mol. The molecule has 2 aromatic heterocycles. The molecule has 2 N–H and O–H groups in total. The van der Waals surface area contributed by atoms with E-state index in [1.165, 1.54) is 49.7 Å². The lowest BCUT2D eigenvalue weighted by molar-refractivity contribution is 0.643. The van der Waals surface area contributed by atoms with Gasteiger partial charge in [0, 0.05) is 11.8 Å². The molecule has 0 bridgehead atoms. The lowest BCUT2D eigenvalue weighted by atomic mass is 9.94. The van der Waals surface area contributed by atoms with E-state index in [-0.39, 0.29) is 0 Å². The SMILES string of the molecule is Cc1nc(-c2ccc(/C3=C/CCCCCC3)cc2)sc1-c1ccnc(N)n1. The first-order chi connectivity index (χ1) is 13.2. The average Bonchev–Trinajstić information content (AvgIpc) is 3.04. The summed E-state index contributed by atoms with van der Waals surface area (Å²) in [6.07, 6.45) is 11.8. The van der Waals surface area contributed by atoms with Crippen LogP contribution in [0.5, 0.6) is 0 Å². The molecule has 1 aliphatic carbocycles. The molecule has 27 heavy (non-hydrogen) atoms. The summed E-state index contributed by atoms with van der Waals surface area (Å²) in [7, 11) is 0. The van der Waals surface area contributed by atoms with Gasteiger partial charge in [-0.3, -0.25) is 0 Å². The molecule has 0 spiro atoms. The summed E-state index contributed by atoms with van der Waals surface area (Å²) >= 11 is 1.65. The van der Waals surface area contributed by atoms with Crippen molar-refractivity contribution in [1.82, 2.24) is 15.0 Å². The number of nitrogens with zero attached hydrogens (tertiary/aromatic N) is 3. The monoisotopic (exact) mass is 376 g/mol. The third-order valence-corrected chi connectivity index (χ3v) is 6.23. The Hall–Kier alpha value is -2.53. The fraction of sp³-hybridized carbons (Fsp3) is 0.318. The van der Waals surface area contributed by atoms with Crippen LogP contribution < -0.4 is 5.73 Å². The topological polar surface area (TPSA) is 64.7 Å². The smallest absolute Gasteiger partial charge is 0.220 e. The normalized spacial score (nSPS) is 17.0. The second-order valence-electron chi connectivity index (χ2n) is 6.99. The first kappa shape index (κ1) is 17.9. The number of hydrogen-bond acceptors (Lipinski definition) is 5. The van der Waals surface area contributed by atoms with Crippen molar-refractivity contribution in [2.45, 2.75) is 45.4 Å². The second kappa shape index (κ2) is 8.01. The Bertz CT molecular complexity index is 957. The van der Waals surface area contributed by atoms with E-state index in [1.807, 2.05) is 13.0 Å². The number of aromatic nitrogens is 3. The van der Waals surface area contributed by atoms with Gasteiger partial charge in [0.2, 0.25) is 5.95 Å². The van der Waals surface area contributed by atoms with Crippen LogP contribution in [0.15, 0.2) is 42.6 Å². The zero-order chi connectivity index (χ0) is 18.6. The molecule has 0 saturated heterocycles. The van der Waals surface area contributed by atoms with Gasteiger partial charge in [0.25, 0.3) is 0 Å². The van der Waals surface area contributed by atoms with Crippen molar-refractivity contribution in [1.29, 1.82) is 0 Å². The van der Waals surface area contributed by atoms with Gasteiger partial charge in [0.15, 0.2) is 0 Å². The van der Waals surface area contributed by atoms with Crippen molar-refractivity contribution >= 4 is 22.9 Å². The standard InChI is InChI=1S/C22H24N4S/c1-15-20(19-13-14-24-22(23)26-19)27-21(25-15)18-11-9-17(10-12-18)16-7-5-3-2-4-6-8-16/h7,9-14H,2-6,8H2,1H3,(H2,23,24,26)/b16-7+. The molecular formula is C22H24N4S. The van der Waals surface area contributed by atoms with Crippen LogP contribution >= 0.6 is 11.3 Å². The molecule has 4 nitrogen and oxygen atoms in total. The highest BCUT2D eigenvalue weighted by molar-refractivity contribution is 7.18. The molecule has 0 unspecified atom stereocenters. The van der Waals surface area contributed by atoms with Gasteiger partial charge < -0.3 is 5.73 Å². The quantitative estimate of drug-likeness (QED) is 0.618. The van der Waals surface area contributed by atoms with Gasteiger partial charge in [-0.05, 0) is 49.8 Å². The van der Waals surface area contributed by atoms with Gasteiger partial charge in [-0.1, -0.05) is 43.2 Å². The summed E-state index contributed by atoms with van der Waals surface area (Å²) in [5.41, 5.74) is 11.5. The summed E-state index contributed by atoms with van der Waals surface area (Å²) in [5.74, 6) is 0.290. The highest BCUT2D eigenvalue weighted by Gasteiger charge is 2.13. The molecule has 0 atom stereocenters. The summed E-state index contributed by atoms with van der Waals surface area (Å²) in [5, 5.41) is 1.01. The van der Waals surface area contributed by atoms with Gasteiger partial charge in [0.1, 0.15) is 5.01 Å². The molecule has 1 aliphatic rings. The van der Waals surface area contributed by atoms with E-state index in [1.54, 1.807) is 17.5 Å². The molecule has 0 aliphatic heterocycles. The molecule has 138 valence electrons. The number of thiazole rings is 1. The highest BCUT2D eigenvalue weighted by atomic mass is 32.1. The van der Waals surface area contributed by atoms with Crippen molar-refractivity contribution in [2.75, 3.05) is 5.73 Å². The van der Waals surface area contributed by atoms with Gasteiger partial charge in [0.05, 0.1) is 16.3 Å². The summed E-state index contributed by atoms with van der Waals surface area (Å²) in [6.45, 7) is 2.02. The van der Waals surface area contributed by atoms with Crippen molar-refractivity contribution in [2.24, 2.45) is 0 Å². The third-order valence-electron chi connectivity index (χ3n) is 5.00. The lowest BCUT2D eigenvalue weighted by Gasteiger charge is -2.12. The largest absolute Gasteiger partial charge is 0.368 e. The van der Waals surface area contributed by atoms with E-state index in [9.17, 15) is 0 Å². The van der Waals surface area contributed by atoms with Crippen molar-refractivity contribution < 1.29 is 0 Å². The summed E-state index contributed by atoms with van der Waals surface area (Å²) in [4.78, 5) is 14.1. The summed E-state index contributed by atoms with van der Waals surface area (Å²) < 4.78 is 0. The number of anilines is 1. The second-order valence-corrected chi connectivity index (χ2v) is 7.99. The predicted octanol–water partition coefficient (Wildman–Crippen LogP) is 5.90. The Morgan fingerprint density at radius 2 is 1.70 bits per heavy atom. The van der Waals surface area contributed by atoms with E-state index in [0.717, 1.165) is 26.8 Å². The zero-order valence-electron chi connectivity index (χ0n) is 15.6. The third kappa shape index (κ3) is 4.08. The van der Waals surface area contributed by atoms with Crippen LogP contribution in [0.2, 0.25) is 0 Å². The Morgan fingerprint density at radius 3 is 2.52 bits per heavy atom. The van der Waals surface area contributed by atoms with Crippen LogP contribution in [-0.2, 0) is 0 Å². The Kier molecular flexibility index (Phi) is 5.30. The van der Waals surface area contributed by atoms with Crippen molar-refractivity contribution in [3.05, 3.63) is 53.9 Å². The van der Waals surface area contributed by atoms with E-state index in [0.29, 0.717) is 5.95 Å². The fourth-order valence-electron chi connectivity index (χ4n) is 3.54. The molecule has 5 heteroatoms. The maximum Gasteiger partial charge on any atom is 0.220 e. The minimum atomic E-state index is 0.290. The van der Waals surface area contributed by atoms with Crippen LogP contribution in [0.1, 0.15) is 49.8 Å². The van der Waals surface area contributed by atoms with Gasteiger partial charge in [-0.25, -0.2) is 15.0 Å². The maximum atomic E-state index is 5.73. The first-order valence-electron chi connectivity index (χ1n) is 9.57. The number of hydrogen-bond donors (Lipinski definition) is 1. The van der Waals surface area contributed by atoms with Gasteiger partial charge in [-0.15, -0.1) is 11.3 Å². The number of rotatable bonds is 3. The number of nitrogen functional groups attached to an aromatic ring is 1. The van der Waals surface area contributed by atoms with Crippen LogP contribution in [0.3, 0.4) is 0 Å². The number of nitrogens with two attached hydrogens (primary N) is 1. The van der Waals surface area contributed by atoms with Crippen molar-refractivity contribution in [3.63, 3.8) is 0 Å². The molecular weight excluding hydrogens is 352 g/mol. The minimum absolute atomic E-state index is 0.290. The Morgan fingerprint density at radius 1 is 0.926 bits per heavy atom. The lowest BCUT2D eigenvalue weighted by Crippen LogP contribution is -1.94. The fourth-order valence-corrected chi connectivity index (χ4v) is 4.58. The van der Waals surface area contributed by atoms with Crippen molar-refractivity contribution in [3.8, 4) is 21.1 Å². The molecule has 1 aromatic carbocycles. The van der Waals surface area contributed by atoms with Crippen LogP contribution in [0, 0.1) is 6.92 Å². The molecule has 2 heterocycles. The molecule has 0 amide bonds. The van der Waals surface area contributed by atoms with Gasteiger partial charge >= 0.3 is 0 Å². The summed E-state index contributed by atoms with van der Waals surface area (Å²) in [6, 6.07) is 10.7. The van der Waals surface area contributed by atoms with E-state index in [2.05, 4.69) is 40.3 Å². The average molecular weight is 377 g/mol. The molecule has 0 radical (unpaired) electrons. The zero-order valence-corrected chi connectivity index (χ0v) is 16.4. The van der Waals surface area contributed by atoms with E-state index >= 15 is 0 Å². The number of allylic oxidation sites excluding steroid dienone is 2. The van der Waals surface area contributed by atoms with E-state index in [4.69, 9.17) is 10.7 Å². The molecule has 3 aromatic rings. The van der Waals surface area contributed by atoms with Crippen LogP contribution in [0.25, 0.3) is 26.7 Å². The first-order valence-corrected chi connectivity index (χ1v) is 10.4. The molecule has 0 fully saturated rings. The highest BCUT2D eigenvalue weighted by Crippen LogP contribution is 2.35. The number of benzene rings is 1. The maximum absolute atomic E-state index is 5.73. The number of aryl methyl sites for hydroxylation is 1. The molecule has 0 saturated carbocycles. The minimum Gasteiger partial charge on any atom is -0.368 e. The van der Waals surface area contributed by atoms with Crippen LogP contribution in [0.4, 0.5) is 5.95 Å². The Labute approximate surface area is 164 Å². The molecule has 4 rings (SSSR count). The van der Waals surface area contributed by atoms with Gasteiger partial charge in [-0.2, -0.15) is 0 Å². The Balaban J connectivity index is 1.60. The van der Waals surface area contributed by atoms with Crippen LogP contribution in [-0.4, -0.2) is 15.0 Å².